The molecular weight excluding hydrogens is 246 g/mol. The predicted octanol–water partition coefficient (Wildman–Crippen LogP) is 0.121. The van der Waals surface area contributed by atoms with Gasteiger partial charge in [-0.05, 0) is 6.92 Å². The van der Waals surface area contributed by atoms with Gasteiger partial charge in [0.1, 0.15) is 5.76 Å². The van der Waals surface area contributed by atoms with Gasteiger partial charge in [-0.3, -0.25) is 4.79 Å². The average Bonchev–Trinajstić information content (AvgIpc) is 2.86. The molecule has 6 nitrogen and oxygen atoms in total. The SMILES string of the molecule is CO[C@H]1CNC[C@@H]1NC(=O)c1cc(C)on1.Cl. The van der Waals surface area contributed by atoms with E-state index in [-0.39, 0.29) is 30.5 Å². The number of methoxy groups -OCH3 is 1. The van der Waals surface area contributed by atoms with Gasteiger partial charge in [-0.15, -0.1) is 12.4 Å². The Morgan fingerprint density at radius 1 is 1.65 bits per heavy atom. The van der Waals surface area contributed by atoms with E-state index in [1.807, 2.05) is 0 Å². The summed E-state index contributed by atoms with van der Waals surface area (Å²) in [6.07, 6.45) is 0.0111. The second kappa shape index (κ2) is 6.00. The topological polar surface area (TPSA) is 76.4 Å². The Morgan fingerprint density at radius 2 is 2.41 bits per heavy atom. The second-order valence-electron chi connectivity index (χ2n) is 3.84. The fourth-order valence-corrected chi connectivity index (χ4v) is 1.76. The molecule has 0 bridgehead atoms. The smallest absolute Gasteiger partial charge is 0.273 e. The number of carbonyl (C=O) groups excluding carboxylic acids is 1. The van der Waals surface area contributed by atoms with Crippen LogP contribution in [0.15, 0.2) is 10.6 Å². The number of halogens is 1. The molecule has 0 aliphatic carbocycles. The van der Waals surface area contributed by atoms with Crippen LogP contribution < -0.4 is 10.6 Å². The molecule has 0 spiro atoms. The molecular formula is C10H16ClN3O3. The van der Waals surface area contributed by atoms with Gasteiger partial charge in [-0.1, -0.05) is 5.16 Å². The van der Waals surface area contributed by atoms with Crippen molar-refractivity contribution < 1.29 is 14.1 Å². The van der Waals surface area contributed by atoms with Crippen LogP contribution in [-0.4, -0.2) is 43.4 Å². The van der Waals surface area contributed by atoms with Gasteiger partial charge in [-0.2, -0.15) is 0 Å². The molecule has 1 aliphatic heterocycles. The summed E-state index contributed by atoms with van der Waals surface area (Å²) in [4.78, 5) is 11.8. The lowest BCUT2D eigenvalue weighted by Gasteiger charge is -2.17. The summed E-state index contributed by atoms with van der Waals surface area (Å²) in [5.74, 6) is 0.394. The number of nitrogens with zero attached hydrogens (tertiary/aromatic N) is 1. The standard InChI is InChI=1S/C10H15N3O3.ClH/c1-6-3-7(13-16-6)10(14)12-8-4-11-5-9(8)15-2;/h3,8-9,11H,4-5H2,1-2H3,(H,12,14);1H/t8-,9-;/m0./s1. The van der Waals surface area contributed by atoms with Crippen LogP contribution in [-0.2, 0) is 4.74 Å². The number of nitrogens with one attached hydrogen (secondary N) is 2. The van der Waals surface area contributed by atoms with E-state index < -0.39 is 0 Å². The largest absolute Gasteiger partial charge is 0.378 e. The van der Waals surface area contributed by atoms with Gasteiger partial charge in [0, 0.05) is 26.3 Å². The van der Waals surface area contributed by atoms with Crippen molar-refractivity contribution in [2.75, 3.05) is 20.2 Å². The van der Waals surface area contributed by atoms with Gasteiger partial charge in [0.25, 0.3) is 5.91 Å². The first-order chi connectivity index (χ1) is 7.70. The monoisotopic (exact) mass is 261 g/mol. The third-order valence-electron chi connectivity index (χ3n) is 2.64. The van der Waals surface area contributed by atoms with E-state index in [1.165, 1.54) is 0 Å². The first-order valence-electron chi connectivity index (χ1n) is 5.18. The fraction of sp³-hybridized carbons (Fsp3) is 0.600. The maximum absolute atomic E-state index is 11.8. The zero-order valence-electron chi connectivity index (χ0n) is 9.73. The van der Waals surface area contributed by atoms with E-state index in [2.05, 4.69) is 15.8 Å². The Bertz CT molecular complexity index is 383. The molecule has 1 aromatic rings. The van der Waals surface area contributed by atoms with Gasteiger partial charge >= 0.3 is 0 Å². The van der Waals surface area contributed by atoms with Crippen LogP contribution in [0.2, 0.25) is 0 Å². The molecule has 0 unspecified atom stereocenters. The van der Waals surface area contributed by atoms with E-state index in [9.17, 15) is 4.79 Å². The molecule has 1 amide bonds. The minimum Gasteiger partial charge on any atom is -0.378 e. The molecule has 0 aromatic carbocycles. The van der Waals surface area contributed by atoms with Crippen molar-refractivity contribution in [2.24, 2.45) is 0 Å². The van der Waals surface area contributed by atoms with Crippen molar-refractivity contribution in [3.05, 3.63) is 17.5 Å². The molecule has 0 radical (unpaired) electrons. The van der Waals surface area contributed by atoms with Crippen molar-refractivity contribution in [3.8, 4) is 0 Å². The summed E-state index contributed by atoms with van der Waals surface area (Å²) in [5.41, 5.74) is 0.305. The molecule has 17 heavy (non-hydrogen) atoms. The van der Waals surface area contributed by atoms with Gasteiger partial charge in [0.2, 0.25) is 0 Å². The van der Waals surface area contributed by atoms with Crippen LogP contribution in [0.1, 0.15) is 16.2 Å². The molecule has 2 N–H and O–H groups in total. The van der Waals surface area contributed by atoms with E-state index in [1.54, 1.807) is 20.1 Å². The molecule has 0 saturated carbocycles. The van der Waals surface area contributed by atoms with E-state index >= 15 is 0 Å². The number of hydrogen-bond acceptors (Lipinski definition) is 5. The minimum absolute atomic E-state index is 0. The van der Waals surface area contributed by atoms with Crippen molar-refractivity contribution in [1.29, 1.82) is 0 Å². The van der Waals surface area contributed by atoms with Gasteiger partial charge in [0.15, 0.2) is 5.69 Å². The summed E-state index contributed by atoms with van der Waals surface area (Å²) in [6.45, 7) is 3.21. The zero-order valence-corrected chi connectivity index (χ0v) is 10.5. The van der Waals surface area contributed by atoms with Crippen LogP contribution in [0.25, 0.3) is 0 Å². The number of ether oxygens (including phenoxy) is 1. The van der Waals surface area contributed by atoms with E-state index in [0.29, 0.717) is 18.0 Å². The maximum Gasteiger partial charge on any atom is 0.273 e. The predicted molar refractivity (Wildman–Crippen MR) is 63.4 cm³/mol. The van der Waals surface area contributed by atoms with Gasteiger partial charge < -0.3 is 19.9 Å². The Hall–Kier alpha value is -1.11. The third kappa shape index (κ3) is 3.18. The Kier molecular flexibility index (Phi) is 4.92. The summed E-state index contributed by atoms with van der Waals surface area (Å²) >= 11 is 0. The molecule has 7 heteroatoms. The van der Waals surface area contributed by atoms with Crippen molar-refractivity contribution in [1.82, 2.24) is 15.8 Å². The average molecular weight is 262 g/mol. The number of aryl methyl sites for hydroxylation is 1. The number of amides is 1. The molecule has 1 aliphatic rings. The number of hydrogen-bond donors (Lipinski definition) is 2. The van der Waals surface area contributed by atoms with Crippen LogP contribution in [0.4, 0.5) is 0 Å². The number of aromatic nitrogens is 1. The summed E-state index contributed by atoms with van der Waals surface area (Å²) in [7, 11) is 1.64. The Morgan fingerprint density at radius 3 is 3.00 bits per heavy atom. The highest BCUT2D eigenvalue weighted by atomic mass is 35.5. The normalized spacial score (nSPS) is 23.2. The zero-order chi connectivity index (χ0) is 11.5. The van der Waals surface area contributed by atoms with E-state index in [0.717, 1.165) is 6.54 Å². The summed E-state index contributed by atoms with van der Waals surface area (Å²) in [6, 6.07) is 1.59. The first-order valence-corrected chi connectivity index (χ1v) is 5.18. The van der Waals surface area contributed by atoms with Gasteiger partial charge in [0.05, 0.1) is 12.1 Å². The highest BCUT2D eigenvalue weighted by Crippen LogP contribution is 2.06. The van der Waals surface area contributed by atoms with Gasteiger partial charge in [-0.25, -0.2) is 0 Å². The van der Waals surface area contributed by atoms with Crippen molar-refractivity contribution >= 4 is 18.3 Å². The molecule has 2 rings (SSSR count). The molecule has 96 valence electrons. The molecule has 1 saturated heterocycles. The van der Waals surface area contributed by atoms with Crippen LogP contribution in [0, 0.1) is 6.92 Å². The molecule has 1 fully saturated rings. The fourth-order valence-electron chi connectivity index (χ4n) is 1.76. The lowest BCUT2D eigenvalue weighted by Crippen LogP contribution is -2.43. The third-order valence-corrected chi connectivity index (χ3v) is 2.64. The minimum atomic E-state index is -0.229. The maximum atomic E-state index is 11.8. The quantitative estimate of drug-likeness (QED) is 0.808. The van der Waals surface area contributed by atoms with E-state index in [4.69, 9.17) is 9.26 Å². The van der Waals surface area contributed by atoms with Crippen LogP contribution in [0.5, 0.6) is 0 Å². The summed E-state index contributed by atoms with van der Waals surface area (Å²) < 4.78 is 10.1. The second-order valence-corrected chi connectivity index (χ2v) is 3.84. The number of carbonyl (C=O) groups is 1. The van der Waals surface area contributed by atoms with Crippen molar-refractivity contribution in [3.63, 3.8) is 0 Å². The molecule has 2 atom stereocenters. The summed E-state index contributed by atoms with van der Waals surface area (Å²) in [5, 5.41) is 9.67. The molecule has 1 aromatic heterocycles. The number of rotatable bonds is 3. The highest BCUT2D eigenvalue weighted by Gasteiger charge is 2.29. The van der Waals surface area contributed by atoms with Crippen molar-refractivity contribution in [2.45, 2.75) is 19.1 Å². The first kappa shape index (κ1) is 14.0. The highest BCUT2D eigenvalue weighted by molar-refractivity contribution is 5.92. The molecule has 2 heterocycles. The lowest BCUT2D eigenvalue weighted by molar-refractivity contribution is 0.0773. The lowest BCUT2D eigenvalue weighted by atomic mass is 10.2. The van der Waals surface area contributed by atoms with Crippen LogP contribution in [0.3, 0.4) is 0 Å². The Balaban J connectivity index is 0.00000144. The Labute approximate surface area is 105 Å². The van der Waals surface area contributed by atoms with Crippen LogP contribution >= 0.6 is 12.4 Å².